The molecule has 6 nitrogen and oxygen atoms in total. The van der Waals surface area contributed by atoms with Crippen molar-refractivity contribution in [3.05, 3.63) is 34.3 Å². The first-order chi connectivity index (χ1) is 26.2. The summed E-state index contributed by atoms with van der Waals surface area (Å²) in [6.45, 7) is 3.46. The van der Waals surface area contributed by atoms with Crippen LogP contribution in [0.25, 0.3) is 11.1 Å². The summed E-state index contributed by atoms with van der Waals surface area (Å²) in [7, 11) is 1.45. The van der Waals surface area contributed by atoms with Crippen molar-refractivity contribution in [2.45, 2.75) is 177 Å². The van der Waals surface area contributed by atoms with E-state index in [0.29, 0.717) is 44.2 Å². The van der Waals surface area contributed by atoms with Gasteiger partial charge in [-0.05, 0) is 111 Å². The molecule has 2 aromatic carbocycles. The van der Waals surface area contributed by atoms with Gasteiger partial charge in [-0.15, -0.1) is 0 Å². The average molecular weight is 820 g/mol. The Balaban J connectivity index is 1.69. The van der Waals surface area contributed by atoms with Crippen LogP contribution in [0.2, 0.25) is 10.0 Å². The molecule has 4 aliphatic carbocycles. The Morgan fingerprint density at radius 3 is 1.06 bits per heavy atom. The molecule has 0 bridgehead atoms. The van der Waals surface area contributed by atoms with Gasteiger partial charge < -0.3 is 18.9 Å². The van der Waals surface area contributed by atoms with Gasteiger partial charge in [0.05, 0.1) is 24.3 Å². The Labute approximate surface area is 337 Å². The number of rotatable bonds is 13. The first kappa shape index (κ1) is 42.0. The summed E-state index contributed by atoms with van der Waals surface area (Å²) in [5, 5.41) is 3.46. The number of carbonyl (C=O) groups is 2. The van der Waals surface area contributed by atoms with E-state index >= 15 is 0 Å². The van der Waals surface area contributed by atoms with Crippen LogP contribution in [0.1, 0.15) is 142 Å². The van der Waals surface area contributed by atoms with Crippen molar-refractivity contribution < 1.29 is 28.5 Å². The van der Waals surface area contributed by atoms with Gasteiger partial charge >= 0.3 is 11.9 Å². The maximum atomic E-state index is 13.1. The van der Waals surface area contributed by atoms with E-state index in [1.54, 1.807) is 13.8 Å². The van der Waals surface area contributed by atoms with E-state index in [1.807, 2.05) is 12.1 Å². The number of methoxy groups -OCH3 is 2. The largest absolute Gasteiger partial charge is 0.477 e. The van der Waals surface area contributed by atoms with Gasteiger partial charge in [-0.2, -0.15) is 0 Å². The molecule has 4 fully saturated rings. The third-order valence-electron chi connectivity index (χ3n) is 12.5. The number of carbonyl (C=O) groups excluding carboxylic acids is 2. The molecule has 0 heterocycles. The topological polar surface area (TPSA) is 71.1 Å². The fourth-order valence-corrected chi connectivity index (χ4v) is 18.1. The van der Waals surface area contributed by atoms with Crippen LogP contribution in [0.4, 0.5) is 0 Å². The van der Waals surface area contributed by atoms with Gasteiger partial charge in [0.15, 0.2) is 12.2 Å². The Bertz CT molecular complexity index is 1410. The SMILES string of the molecule is COC(=O)C(C)Oc1c(Cl)ccc(P(C2CCCCC2)C2CCCCC2)c1-c1c(P(C2CCCCC2)C2CCCCC2)ccc(Cl)c1O[C@@H](C)C(=O)OC. The molecule has 2 atom stereocenters. The molecule has 4 aliphatic rings. The van der Waals surface area contributed by atoms with E-state index in [9.17, 15) is 9.59 Å². The number of hydrogen-bond donors (Lipinski definition) is 0. The van der Waals surface area contributed by atoms with E-state index in [1.165, 1.54) is 153 Å². The summed E-state index contributed by atoms with van der Waals surface area (Å²) in [6, 6.07) is 8.55. The lowest BCUT2D eigenvalue weighted by Crippen LogP contribution is -2.32. The molecule has 6 rings (SSSR count). The number of ether oxygens (including phenoxy) is 4. The predicted molar refractivity (Wildman–Crippen MR) is 227 cm³/mol. The fraction of sp³-hybridized carbons (Fsp3) is 0.682. The fourth-order valence-electron chi connectivity index (χ4n) is 9.84. The molecular formula is C44H62Cl2O6P2. The van der Waals surface area contributed by atoms with Crippen molar-refractivity contribution in [2.24, 2.45) is 0 Å². The second kappa shape index (κ2) is 20.2. The summed E-state index contributed by atoms with van der Waals surface area (Å²) in [5.74, 6) is 0.0658. The quantitative estimate of drug-likeness (QED) is 0.148. The van der Waals surface area contributed by atoms with Gasteiger partial charge in [-0.1, -0.05) is 128 Å². The van der Waals surface area contributed by atoms with Crippen molar-refractivity contribution in [3.8, 4) is 22.6 Å². The highest BCUT2D eigenvalue weighted by molar-refractivity contribution is 7.68. The predicted octanol–water partition coefficient (Wildman–Crippen LogP) is 12.1. The zero-order chi connectivity index (χ0) is 38.2. The standard InChI is InChI=1S/C44H62Cl2O6P2/c1-29(43(47)49-3)51-41-35(45)25-27-37(53(31-17-9-5-10-18-31)32-19-11-6-12-20-32)39(41)40-38(28-26-36(46)42(40)52-30(2)44(48)50-4)54(33-21-13-7-14-22-33)34-23-15-8-16-24-34/h25-34H,5-24H2,1-4H3/t29-,30?/m0/s1. The van der Waals surface area contributed by atoms with Crippen LogP contribution < -0.4 is 20.1 Å². The molecular weight excluding hydrogens is 757 g/mol. The summed E-state index contributed by atoms with van der Waals surface area (Å²) in [4.78, 5) is 26.1. The summed E-state index contributed by atoms with van der Waals surface area (Å²) in [6.07, 6.45) is 23.2. The van der Waals surface area contributed by atoms with E-state index in [2.05, 4.69) is 12.1 Å². The molecule has 2 aromatic rings. The summed E-state index contributed by atoms with van der Waals surface area (Å²) in [5.41, 5.74) is 4.18. The summed E-state index contributed by atoms with van der Waals surface area (Å²) < 4.78 is 23.9. The number of benzene rings is 2. The normalized spacial score (nSPS) is 20.8. The molecule has 1 unspecified atom stereocenters. The van der Waals surface area contributed by atoms with Gasteiger partial charge in [-0.25, -0.2) is 9.59 Å². The third kappa shape index (κ3) is 9.74. The highest BCUT2D eigenvalue weighted by atomic mass is 35.5. The lowest BCUT2D eigenvalue weighted by atomic mass is 9.99. The van der Waals surface area contributed by atoms with Gasteiger partial charge in [-0.3, -0.25) is 0 Å². The van der Waals surface area contributed by atoms with E-state index < -0.39 is 40.0 Å². The smallest absolute Gasteiger partial charge is 0.346 e. The minimum Gasteiger partial charge on any atom is -0.477 e. The molecule has 298 valence electrons. The van der Waals surface area contributed by atoms with Crippen LogP contribution in [0.15, 0.2) is 24.3 Å². The molecule has 0 saturated heterocycles. The van der Waals surface area contributed by atoms with E-state index in [4.69, 9.17) is 42.1 Å². The molecule has 4 saturated carbocycles. The summed E-state index contributed by atoms with van der Waals surface area (Å²) >= 11 is 14.6. The first-order valence-electron chi connectivity index (χ1n) is 20.9. The number of esters is 2. The molecule has 0 spiro atoms. The lowest BCUT2D eigenvalue weighted by molar-refractivity contribution is -0.148. The maximum Gasteiger partial charge on any atom is 0.346 e. The zero-order valence-corrected chi connectivity index (χ0v) is 36.3. The second-order valence-corrected chi connectivity index (χ2v) is 22.4. The number of halogens is 2. The molecule has 0 radical (unpaired) electrons. The zero-order valence-electron chi connectivity index (χ0n) is 33.0. The van der Waals surface area contributed by atoms with Gasteiger partial charge in [0.1, 0.15) is 11.5 Å². The molecule has 0 aliphatic heterocycles. The van der Waals surface area contributed by atoms with Crippen molar-refractivity contribution >= 4 is 61.6 Å². The first-order valence-corrected chi connectivity index (χ1v) is 24.7. The van der Waals surface area contributed by atoms with Crippen LogP contribution in [0.3, 0.4) is 0 Å². The van der Waals surface area contributed by atoms with E-state index in [0.717, 1.165) is 11.1 Å². The molecule has 10 heteroatoms. The minimum atomic E-state index is -0.892. The van der Waals surface area contributed by atoms with Crippen LogP contribution in [0.5, 0.6) is 11.5 Å². The van der Waals surface area contributed by atoms with Crippen molar-refractivity contribution in [1.29, 1.82) is 0 Å². The average Bonchev–Trinajstić information content (AvgIpc) is 3.21. The highest BCUT2D eigenvalue weighted by Crippen LogP contribution is 2.61. The Morgan fingerprint density at radius 1 is 0.519 bits per heavy atom. The van der Waals surface area contributed by atoms with Crippen LogP contribution >= 0.6 is 39.0 Å². The second-order valence-electron chi connectivity index (χ2n) is 16.1. The van der Waals surface area contributed by atoms with Crippen LogP contribution in [0, 0.1) is 0 Å². The monoisotopic (exact) mass is 818 g/mol. The van der Waals surface area contributed by atoms with Crippen LogP contribution in [-0.2, 0) is 19.1 Å². The Morgan fingerprint density at radius 2 is 0.796 bits per heavy atom. The van der Waals surface area contributed by atoms with Gasteiger partial charge in [0, 0.05) is 11.1 Å². The van der Waals surface area contributed by atoms with Crippen molar-refractivity contribution in [2.75, 3.05) is 14.2 Å². The Hall–Kier alpha value is -1.58. The van der Waals surface area contributed by atoms with Crippen LogP contribution in [-0.4, -0.2) is 61.0 Å². The van der Waals surface area contributed by atoms with Gasteiger partial charge in [0.2, 0.25) is 0 Å². The number of hydrogen-bond acceptors (Lipinski definition) is 6. The van der Waals surface area contributed by atoms with E-state index in [-0.39, 0.29) is 0 Å². The van der Waals surface area contributed by atoms with Crippen molar-refractivity contribution in [1.82, 2.24) is 0 Å². The maximum absolute atomic E-state index is 13.1. The minimum absolute atomic E-state index is 0.448. The Kier molecular flexibility index (Phi) is 15.7. The molecule has 0 amide bonds. The van der Waals surface area contributed by atoms with Gasteiger partial charge in [0.25, 0.3) is 0 Å². The highest BCUT2D eigenvalue weighted by Gasteiger charge is 2.40. The lowest BCUT2D eigenvalue weighted by Gasteiger charge is -2.42. The molecule has 0 N–H and O–H groups in total. The molecule has 0 aromatic heterocycles. The van der Waals surface area contributed by atoms with Crippen molar-refractivity contribution in [3.63, 3.8) is 0 Å². The molecule has 54 heavy (non-hydrogen) atoms. The third-order valence-corrected chi connectivity index (χ3v) is 20.2.